The monoisotopic (exact) mass is 458 g/mol. The van der Waals surface area contributed by atoms with Crippen molar-refractivity contribution in [1.29, 1.82) is 0 Å². The van der Waals surface area contributed by atoms with Crippen LogP contribution in [0.3, 0.4) is 0 Å². The van der Waals surface area contributed by atoms with Gasteiger partial charge in [0.25, 0.3) is 0 Å². The van der Waals surface area contributed by atoms with Gasteiger partial charge in [-0.2, -0.15) is 4.98 Å². The van der Waals surface area contributed by atoms with Gasteiger partial charge in [0.2, 0.25) is 5.88 Å². The number of imidazole rings is 1. The molecule has 1 aliphatic heterocycles. The number of hydrogen-bond donors (Lipinski definition) is 2. The number of rotatable bonds is 9. The van der Waals surface area contributed by atoms with Crippen molar-refractivity contribution in [3.63, 3.8) is 0 Å². The summed E-state index contributed by atoms with van der Waals surface area (Å²) in [5.41, 5.74) is 2.02. The van der Waals surface area contributed by atoms with Crippen LogP contribution < -0.4 is 4.74 Å². The van der Waals surface area contributed by atoms with Crippen molar-refractivity contribution < 1.29 is 24.4 Å². The number of aliphatic hydroxyl groups is 2. The second-order valence-electron chi connectivity index (χ2n) is 9.16. The van der Waals surface area contributed by atoms with Crippen LogP contribution in [0.4, 0.5) is 0 Å². The second-order valence-corrected chi connectivity index (χ2v) is 14.8. The van der Waals surface area contributed by atoms with Gasteiger partial charge in [0.15, 0.2) is 17.4 Å². The minimum atomic E-state index is -1.24. The third-order valence-electron chi connectivity index (χ3n) is 5.47. The fourth-order valence-corrected chi connectivity index (χ4v) is 4.33. The van der Waals surface area contributed by atoms with Crippen molar-refractivity contribution in [3.8, 4) is 5.88 Å². The molecule has 0 aliphatic carbocycles. The van der Waals surface area contributed by atoms with Crippen LogP contribution in [-0.2, 0) is 16.1 Å². The zero-order valence-electron chi connectivity index (χ0n) is 18.6. The van der Waals surface area contributed by atoms with E-state index < -0.39 is 32.6 Å². The molecule has 2 N–H and O–H groups in total. The van der Waals surface area contributed by atoms with Crippen LogP contribution in [0.1, 0.15) is 11.8 Å². The van der Waals surface area contributed by atoms with Crippen LogP contribution in [0, 0.1) is 0 Å². The average Bonchev–Trinajstić information content (AvgIpc) is 3.33. The molecular weight excluding hydrogens is 428 g/mol. The van der Waals surface area contributed by atoms with E-state index >= 15 is 0 Å². The molecule has 0 spiro atoms. The van der Waals surface area contributed by atoms with E-state index in [1.165, 1.54) is 6.33 Å². The minimum absolute atomic E-state index is 0.299. The van der Waals surface area contributed by atoms with Crippen LogP contribution in [-0.4, -0.2) is 69.3 Å². The van der Waals surface area contributed by atoms with Gasteiger partial charge in [-0.1, -0.05) is 50.0 Å². The van der Waals surface area contributed by atoms with Crippen molar-refractivity contribution in [2.45, 2.75) is 56.8 Å². The Morgan fingerprint density at radius 3 is 2.62 bits per heavy atom. The Labute approximate surface area is 188 Å². The van der Waals surface area contributed by atoms with Crippen LogP contribution in [0.5, 0.6) is 5.88 Å². The molecule has 0 unspecified atom stereocenters. The van der Waals surface area contributed by atoms with Crippen LogP contribution in [0.15, 0.2) is 43.0 Å². The summed E-state index contributed by atoms with van der Waals surface area (Å²) in [6, 6.07) is 10.7. The molecule has 3 aromatic rings. The molecule has 0 amide bonds. The lowest BCUT2D eigenvalue weighted by atomic mass is 10.1. The lowest BCUT2D eigenvalue weighted by Crippen LogP contribution is -2.35. The normalized spacial score (nSPS) is 23.7. The molecule has 1 aromatic carbocycles. The third-order valence-corrected chi connectivity index (χ3v) is 7.17. The summed E-state index contributed by atoms with van der Waals surface area (Å²) < 4.78 is 19.6. The van der Waals surface area contributed by atoms with Gasteiger partial charge in [0.1, 0.15) is 24.6 Å². The van der Waals surface area contributed by atoms with E-state index in [9.17, 15) is 10.2 Å². The second kappa shape index (κ2) is 9.63. The lowest BCUT2D eigenvalue weighted by molar-refractivity contribution is -0.0761. The number of aromatic nitrogens is 4. The van der Waals surface area contributed by atoms with E-state index in [4.69, 9.17) is 14.2 Å². The predicted molar refractivity (Wildman–Crippen MR) is 121 cm³/mol. The van der Waals surface area contributed by atoms with Crippen molar-refractivity contribution in [2.75, 3.05) is 13.2 Å². The summed E-state index contributed by atoms with van der Waals surface area (Å²) in [6.45, 7) is 7.41. The van der Waals surface area contributed by atoms with E-state index in [0.29, 0.717) is 30.3 Å². The topological polar surface area (TPSA) is 112 Å². The molecule has 1 fully saturated rings. The highest BCUT2D eigenvalue weighted by atomic mass is 28.3. The first-order chi connectivity index (χ1) is 15.4. The molecule has 0 saturated carbocycles. The SMILES string of the molecule is C[Si](C)(C)CCOc1ncnc2c1ncn2[C@@H]1O[C@H](CO)[C@@H](O)[C@H]1OCc1ccccc1. The molecule has 32 heavy (non-hydrogen) atoms. The quantitative estimate of drug-likeness (QED) is 0.470. The summed E-state index contributed by atoms with van der Waals surface area (Å²) >= 11 is 0. The van der Waals surface area contributed by atoms with Gasteiger partial charge in [-0.05, 0) is 11.6 Å². The molecule has 1 saturated heterocycles. The molecule has 0 radical (unpaired) electrons. The van der Waals surface area contributed by atoms with Crippen molar-refractivity contribution in [1.82, 2.24) is 19.5 Å². The van der Waals surface area contributed by atoms with E-state index in [0.717, 1.165) is 11.6 Å². The number of benzene rings is 1. The van der Waals surface area contributed by atoms with Crippen molar-refractivity contribution >= 4 is 19.2 Å². The maximum absolute atomic E-state index is 10.7. The summed E-state index contributed by atoms with van der Waals surface area (Å²) in [5.74, 6) is 0.422. The molecule has 172 valence electrons. The first-order valence-corrected chi connectivity index (χ1v) is 14.5. The minimum Gasteiger partial charge on any atom is -0.476 e. The van der Waals surface area contributed by atoms with Crippen molar-refractivity contribution in [2.24, 2.45) is 0 Å². The first kappa shape index (κ1) is 22.8. The van der Waals surface area contributed by atoms with Gasteiger partial charge in [-0.3, -0.25) is 4.57 Å². The predicted octanol–water partition coefficient (Wildman–Crippen LogP) is 2.38. The molecule has 2 aromatic heterocycles. The summed E-state index contributed by atoms with van der Waals surface area (Å²) in [4.78, 5) is 13.1. The highest BCUT2D eigenvalue weighted by Gasteiger charge is 2.46. The summed E-state index contributed by atoms with van der Waals surface area (Å²) in [5, 5.41) is 20.4. The Balaban J connectivity index is 1.57. The zero-order chi connectivity index (χ0) is 22.7. The fourth-order valence-electron chi connectivity index (χ4n) is 3.62. The van der Waals surface area contributed by atoms with Gasteiger partial charge in [0, 0.05) is 8.07 Å². The highest BCUT2D eigenvalue weighted by Crippen LogP contribution is 2.35. The number of hydrogen-bond acceptors (Lipinski definition) is 8. The number of fused-ring (bicyclic) bond motifs is 1. The maximum Gasteiger partial charge on any atom is 0.245 e. The molecule has 10 heteroatoms. The van der Waals surface area contributed by atoms with Crippen LogP contribution >= 0.6 is 0 Å². The van der Waals surface area contributed by atoms with E-state index in [1.54, 1.807) is 10.9 Å². The Morgan fingerprint density at radius 1 is 1.12 bits per heavy atom. The van der Waals surface area contributed by atoms with Gasteiger partial charge < -0.3 is 24.4 Å². The Bertz CT molecular complexity index is 1030. The molecule has 9 nitrogen and oxygen atoms in total. The van der Waals surface area contributed by atoms with Crippen molar-refractivity contribution in [3.05, 3.63) is 48.5 Å². The van der Waals surface area contributed by atoms with Gasteiger partial charge in [-0.15, -0.1) is 0 Å². The summed E-state index contributed by atoms with van der Waals surface area (Å²) in [7, 11) is -1.24. The highest BCUT2D eigenvalue weighted by molar-refractivity contribution is 6.76. The lowest BCUT2D eigenvalue weighted by Gasteiger charge is -2.22. The van der Waals surface area contributed by atoms with Crippen LogP contribution in [0.2, 0.25) is 25.7 Å². The van der Waals surface area contributed by atoms with E-state index in [2.05, 4.69) is 34.6 Å². The number of nitrogens with zero attached hydrogens (tertiary/aromatic N) is 4. The molecule has 0 bridgehead atoms. The molecule has 4 rings (SSSR count). The Kier molecular flexibility index (Phi) is 6.87. The van der Waals surface area contributed by atoms with E-state index in [1.807, 2.05) is 30.3 Å². The molecular formula is C22H30N4O5Si. The smallest absolute Gasteiger partial charge is 0.245 e. The fraction of sp³-hybridized carbons (Fsp3) is 0.500. The molecule has 1 aliphatic rings. The Hall–Kier alpha value is -2.37. The van der Waals surface area contributed by atoms with E-state index in [-0.39, 0.29) is 6.61 Å². The molecule has 3 heterocycles. The third kappa shape index (κ3) is 4.99. The Morgan fingerprint density at radius 2 is 1.91 bits per heavy atom. The largest absolute Gasteiger partial charge is 0.476 e. The van der Waals surface area contributed by atoms with Gasteiger partial charge >= 0.3 is 0 Å². The van der Waals surface area contributed by atoms with Gasteiger partial charge in [-0.25, -0.2) is 9.97 Å². The first-order valence-electron chi connectivity index (χ1n) is 10.8. The van der Waals surface area contributed by atoms with Crippen LogP contribution in [0.25, 0.3) is 11.2 Å². The maximum atomic E-state index is 10.7. The summed E-state index contributed by atoms with van der Waals surface area (Å²) in [6.07, 6.45) is -0.176. The zero-order valence-corrected chi connectivity index (χ0v) is 19.6. The average molecular weight is 459 g/mol. The number of ether oxygens (including phenoxy) is 3. The number of aliphatic hydroxyl groups excluding tert-OH is 2. The molecule has 4 atom stereocenters. The standard InChI is InChI=1S/C22H30N4O5Si/c1-32(2,3)10-9-29-21-17-20(23-13-24-21)26(14-25-17)22-19(18(28)16(11-27)31-22)30-12-15-7-5-4-6-8-15/h4-8,13-14,16,18-19,22,27-28H,9-12H2,1-3H3/t16-,18-,19-,22-/m1/s1. The van der Waals surface area contributed by atoms with Gasteiger partial charge in [0.05, 0.1) is 26.1 Å².